The standard InChI is InChI=1S/C28H38N2O5S3/c1-3-5-6-7-8-9-10-11-12-13-14-23(27(34)35)36-18-17-25(31)29-20-15-16-21-24(19-20)38-28(30-21)37-22(4-2)26(32)33/h2,15-16,19,22-23H,3,5-14,17-18H2,1H3,(H,29,31)(H,32,33)(H,34,35). The molecule has 0 aliphatic rings. The molecule has 1 heterocycles. The fraction of sp³-hybridized carbons (Fsp3) is 0.571. The molecule has 0 saturated carbocycles. The second kappa shape index (κ2) is 18.1. The predicted molar refractivity (Wildman–Crippen MR) is 159 cm³/mol. The number of benzene rings is 1. The van der Waals surface area contributed by atoms with Crippen molar-refractivity contribution in [1.82, 2.24) is 4.98 Å². The molecular formula is C28H38N2O5S3. The first-order chi connectivity index (χ1) is 18.3. The van der Waals surface area contributed by atoms with Crippen LogP contribution in [-0.4, -0.2) is 49.3 Å². The van der Waals surface area contributed by atoms with E-state index < -0.39 is 22.4 Å². The number of carbonyl (C=O) groups is 3. The highest BCUT2D eigenvalue weighted by Crippen LogP contribution is 2.33. The molecule has 0 bridgehead atoms. The molecule has 1 aromatic carbocycles. The Kier molecular flexibility index (Phi) is 15.3. The number of thiazole rings is 1. The molecule has 7 nitrogen and oxygen atoms in total. The van der Waals surface area contributed by atoms with Crippen molar-refractivity contribution in [2.75, 3.05) is 11.1 Å². The number of unbranched alkanes of at least 4 members (excludes halogenated alkanes) is 9. The van der Waals surface area contributed by atoms with Gasteiger partial charge in [0.2, 0.25) is 5.91 Å². The number of carboxylic acid groups (broad SMARTS) is 2. The molecule has 0 aliphatic heterocycles. The Hall–Kier alpha value is -2.22. The third-order valence-corrected chi connectivity index (χ3v) is 9.49. The van der Waals surface area contributed by atoms with Crippen LogP contribution in [0.1, 0.15) is 84.0 Å². The number of aliphatic carboxylic acids is 2. The lowest BCUT2D eigenvalue weighted by Gasteiger charge is -2.12. The van der Waals surface area contributed by atoms with Crippen LogP contribution in [0.4, 0.5) is 5.69 Å². The minimum Gasteiger partial charge on any atom is -0.480 e. The number of anilines is 1. The largest absolute Gasteiger partial charge is 0.480 e. The van der Waals surface area contributed by atoms with Gasteiger partial charge >= 0.3 is 11.9 Å². The van der Waals surface area contributed by atoms with Gasteiger partial charge in [-0.15, -0.1) is 29.5 Å². The summed E-state index contributed by atoms with van der Waals surface area (Å²) >= 11 is 3.65. The molecule has 2 rings (SSSR count). The third-order valence-electron chi connectivity index (χ3n) is 5.99. The number of hydrogen-bond donors (Lipinski definition) is 3. The van der Waals surface area contributed by atoms with E-state index in [-0.39, 0.29) is 12.3 Å². The summed E-state index contributed by atoms with van der Waals surface area (Å²) < 4.78 is 1.36. The maximum absolute atomic E-state index is 12.4. The molecule has 0 spiro atoms. The quantitative estimate of drug-likeness (QED) is 0.0851. The molecule has 0 radical (unpaired) electrons. The van der Waals surface area contributed by atoms with E-state index >= 15 is 0 Å². The zero-order valence-corrected chi connectivity index (χ0v) is 24.4. The van der Waals surface area contributed by atoms with Crippen molar-refractivity contribution in [1.29, 1.82) is 0 Å². The molecule has 2 atom stereocenters. The van der Waals surface area contributed by atoms with Gasteiger partial charge in [-0.3, -0.25) is 9.59 Å². The lowest BCUT2D eigenvalue weighted by Crippen LogP contribution is -2.18. The SMILES string of the molecule is C#CC(Sc1nc2ccc(NC(=O)CCSC(CCCCCCCCCCCC)C(=O)O)cc2s1)C(=O)O. The second-order valence-electron chi connectivity index (χ2n) is 9.13. The second-order valence-corrected chi connectivity index (χ2v) is 12.8. The van der Waals surface area contributed by atoms with E-state index in [9.17, 15) is 19.5 Å². The maximum Gasteiger partial charge on any atom is 0.329 e. The summed E-state index contributed by atoms with van der Waals surface area (Å²) in [5, 5.41) is 20.0. The van der Waals surface area contributed by atoms with Crippen LogP contribution in [0.2, 0.25) is 0 Å². The van der Waals surface area contributed by atoms with E-state index in [1.54, 1.807) is 18.2 Å². The summed E-state index contributed by atoms with van der Waals surface area (Å²) in [6.45, 7) is 2.22. The zero-order valence-electron chi connectivity index (χ0n) is 21.9. The van der Waals surface area contributed by atoms with Gasteiger partial charge in [0.15, 0.2) is 9.59 Å². The van der Waals surface area contributed by atoms with Crippen molar-refractivity contribution in [3.05, 3.63) is 18.2 Å². The fourth-order valence-corrected chi connectivity index (χ4v) is 6.97. The molecule has 2 unspecified atom stereocenters. The molecule has 0 aliphatic carbocycles. The van der Waals surface area contributed by atoms with Gasteiger partial charge in [-0.05, 0) is 24.6 Å². The Morgan fingerprint density at radius 1 is 1.03 bits per heavy atom. The number of hydrogen-bond acceptors (Lipinski definition) is 7. The highest BCUT2D eigenvalue weighted by atomic mass is 32.2. The van der Waals surface area contributed by atoms with Gasteiger partial charge in [0.1, 0.15) is 5.25 Å². The lowest BCUT2D eigenvalue weighted by molar-refractivity contribution is -0.137. The van der Waals surface area contributed by atoms with Crippen molar-refractivity contribution in [2.24, 2.45) is 0 Å². The van der Waals surface area contributed by atoms with Gasteiger partial charge in [-0.1, -0.05) is 88.8 Å². The van der Waals surface area contributed by atoms with Gasteiger partial charge in [0.05, 0.1) is 10.2 Å². The van der Waals surface area contributed by atoms with Crippen molar-refractivity contribution >= 4 is 68.6 Å². The van der Waals surface area contributed by atoms with Crippen molar-refractivity contribution in [3.63, 3.8) is 0 Å². The van der Waals surface area contributed by atoms with E-state index in [0.717, 1.165) is 35.7 Å². The van der Waals surface area contributed by atoms with Gasteiger partial charge in [-0.2, -0.15) is 0 Å². The Labute approximate surface area is 238 Å². The number of carbonyl (C=O) groups excluding carboxylic acids is 1. The van der Waals surface area contributed by atoms with Crippen LogP contribution in [0.3, 0.4) is 0 Å². The van der Waals surface area contributed by atoms with Crippen LogP contribution in [0.25, 0.3) is 10.2 Å². The maximum atomic E-state index is 12.4. The number of thioether (sulfide) groups is 2. The van der Waals surface area contributed by atoms with Crippen LogP contribution < -0.4 is 5.32 Å². The predicted octanol–water partition coefficient (Wildman–Crippen LogP) is 7.30. The van der Waals surface area contributed by atoms with E-state index in [4.69, 9.17) is 11.5 Å². The Bertz CT molecular complexity index is 1080. The number of carboxylic acids is 2. The number of nitrogens with zero attached hydrogens (tertiary/aromatic N) is 1. The van der Waals surface area contributed by atoms with Gasteiger partial charge in [-0.25, -0.2) is 9.78 Å². The monoisotopic (exact) mass is 578 g/mol. The van der Waals surface area contributed by atoms with Crippen LogP contribution in [0.5, 0.6) is 0 Å². The average Bonchev–Trinajstić information content (AvgIpc) is 3.28. The van der Waals surface area contributed by atoms with Crippen molar-refractivity contribution < 1.29 is 24.6 Å². The average molecular weight is 579 g/mol. The number of fused-ring (bicyclic) bond motifs is 1. The highest BCUT2D eigenvalue weighted by molar-refractivity contribution is 8.02. The Morgan fingerprint density at radius 2 is 1.68 bits per heavy atom. The zero-order chi connectivity index (χ0) is 27.8. The van der Waals surface area contributed by atoms with Crippen LogP contribution in [0, 0.1) is 12.3 Å². The fourth-order valence-electron chi connectivity index (χ4n) is 3.90. The summed E-state index contributed by atoms with van der Waals surface area (Å²) in [6.07, 6.45) is 18.3. The van der Waals surface area contributed by atoms with E-state index in [1.165, 1.54) is 68.0 Å². The van der Waals surface area contributed by atoms with Gasteiger partial charge in [0, 0.05) is 17.9 Å². The Morgan fingerprint density at radius 3 is 2.29 bits per heavy atom. The topological polar surface area (TPSA) is 117 Å². The van der Waals surface area contributed by atoms with Gasteiger partial charge < -0.3 is 15.5 Å². The summed E-state index contributed by atoms with van der Waals surface area (Å²) in [7, 11) is 0. The third kappa shape index (κ3) is 12.1. The van der Waals surface area contributed by atoms with Crippen LogP contribution >= 0.6 is 34.9 Å². The molecule has 0 saturated heterocycles. The van der Waals surface area contributed by atoms with E-state index in [0.29, 0.717) is 27.7 Å². The van der Waals surface area contributed by atoms with Crippen molar-refractivity contribution in [2.45, 2.75) is 98.8 Å². The summed E-state index contributed by atoms with van der Waals surface area (Å²) in [6, 6.07) is 5.29. The number of amides is 1. The Balaban J connectivity index is 1.69. The normalized spacial score (nSPS) is 12.6. The smallest absolute Gasteiger partial charge is 0.329 e. The molecule has 3 N–H and O–H groups in total. The number of terminal acetylenes is 1. The van der Waals surface area contributed by atoms with Crippen molar-refractivity contribution in [3.8, 4) is 12.3 Å². The molecule has 208 valence electrons. The molecule has 1 aromatic heterocycles. The molecule has 0 fully saturated rings. The first-order valence-electron chi connectivity index (χ1n) is 13.2. The molecule has 1 amide bonds. The summed E-state index contributed by atoms with van der Waals surface area (Å²) in [4.78, 5) is 39.6. The highest BCUT2D eigenvalue weighted by Gasteiger charge is 2.19. The minimum absolute atomic E-state index is 0.183. The first kappa shape index (κ1) is 32.0. The van der Waals surface area contributed by atoms with E-state index in [1.807, 2.05) is 0 Å². The molecule has 10 heteroatoms. The molecular weight excluding hydrogens is 541 g/mol. The number of aromatic nitrogens is 1. The minimum atomic E-state index is -1.09. The molecule has 2 aromatic rings. The van der Waals surface area contributed by atoms with Gasteiger partial charge in [0.25, 0.3) is 0 Å². The summed E-state index contributed by atoms with van der Waals surface area (Å²) in [5.41, 5.74) is 1.31. The van der Waals surface area contributed by atoms with Crippen LogP contribution in [-0.2, 0) is 14.4 Å². The van der Waals surface area contributed by atoms with Crippen LogP contribution in [0.15, 0.2) is 22.5 Å². The summed E-state index contributed by atoms with van der Waals surface area (Å²) in [5.74, 6) is 0.582. The molecule has 38 heavy (non-hydrogen) atoms. The number of rotatable bonds is 20. The van der Waals surface area contributed by atoms with E-state index in [2.05, 4.69) is 23.1 Å². The lowest BCUT2D eigenvalue weighted by atomic mass is 10.1. The first-order valence-corrected chi connectivity index (χ1v) is 16.0. The number of nitrogens with one attached hydrogen (secondary N) is 1.